The van der Waals surface area contributed by atoms with Crippen molar-refractivity contribution >= 4 is 17.7 Å². The summed E-state index contributed by atoms with van der Waals surface area (Å²) in [6.45, 7) is 2.29. The Kier molecular flexibility index (Phi) is 8.18. The summed E-state index contributed by atoms with van der Waals surface area (Å²) >= 11 is 0. The van der Waals surface area contributed by atoms with Gasteiger partial charge in [-0.25, -0.2) is 9.59 Å². The highest BCUT2D eigenvalue weighted by Crippen LogP contribution is 2.58. The lowest BCUT2D eigenvalue weighted by Crippen LogP contribution is -2.72. The molecule has 9 nitrogen and oxygen atoms in total. The fourth-order valence-electron chi connectivity index (χ4n) is 6.94. The van der Waals surface area contributed by atoms with Crippen molar-refractivity contribution in [3.8, 4) is 5.75 Å². The standard InChI is InChI=1S/C21H29NO2.C7H7NO2.CH3NO2/c23-17-7-6-16-12-19-21(24)9-2-1-8-20(21,18(16)13-17)10-11-22(19)14-15-4-3-5-15;8-6-3-1-5(2-4-6)7(9)10;2-1(3)4/h6-7,13,15,19,23-24H,1-5,8-12,14H2;1-4H,8H2,(H,9,10);2H2,(H,3,4)/t19-,20+,21-;;/m1../s1. The molecule has 1 amide bonds. The van der Waals surface area contributed by atoms with Crippen molar-refractivity contribution in [2.24, 2.45) is 11.7 Å². The molecule has 38 heavy (non-hydrogen) atoms. The van der Waals surface area contributed by atoms with Crippen LogP contribution in [0.5, 0.6) is 5.75 Å². The summed E-state index contributed by atoms with van der Waals surface area (Å²) in [5.41, 5.74) is 12.1. The van der Waals surface area contributed by atoms with Crippen LogP contribution in [0.15, 0.2) is 42.5 Å². The maximum absolute atomic E-state index is 11.9. The average molecular weight is 526 g/mol. The van der Waals surface area contributed by atoms with Gasteiger partial charge in [-0.3, -0.25) is 4.90 Å². The minimum atomic E-state index is -1.33. The van der Waals surface area contributed by atoms with E-state index in [2.05, 4.69) is 16.7 Å². The Balaban J connectivity index is 0.000000201. The van der Waals surface area contributed by atoms with Crippen LogP contribution < -0.4 is 11.5 Å². The number of aromatic carboxylic acids is 1. The lowest BCUT2D eigenvalue weighted by molar-refractivity contribution is -0.169. The van der Waals surface area contributed by atoms with Crippen LogP contribution in [-0.4, -0.2) is 62.1 Å². The number of primary amides is 1. The van der Waals surface area contributed by atoms with Gasteiger partial charge in [0.1, 0.15) is 5.75 Å². The molecular weight excluding hydrogens is 486 g/mol. The number of nitrogens with zero attached hydrogens (tertiary/aromatic N) is 1. The number of aliphatic hydroxyl groups is 1. The first-order valence-corrected chi connectivity index (χ1v) is 13.4. The topological polar surface area (TPSA) is 170 Å². The van der Waals surface area contributed by atoms with E-state index in [4.69, 9.17) is 20.7 Å². The van der Waals surface area contributed by atoms with E-state index in [1.807, 2.05) is 12.1 Å². The van der Waals surface area contributed by atoms with Gasteiger partial charge in [0.05, 0.1) is 11.2 Å². The Morgan fingerprint density at radius 3 is 2.24 bits per heavy atom. The normalized spacial score (nSPS) is 27.7. The Morgan fingerprint density at radius 1 is 0.974 bits per heavy atom. The van der Waals surface area contributed by atoms with Gasteiger partial charge in [0.15, 0.2) is 0 Å². The fraction of sp³-hybridized carbons (Fsp3) is 0.517. The van der Waals surface area contributed by atoms with E-state index in [1.165, 1.54) is 55.5 Å². The van der Waals surface area contributed by atoms with Gasteiger partial charge in [-0.15, -0.1) is 0 Å². The number of nitrogen functional groups attached to an aromatic ring is 1. The molecule has 1 heterocycles. The van der Waals surface area contributed by atoms with Crippen LogP contribution in [-0.2, 0) is 11.8 Å². The van der Waals surface area contributed by atoms with Crippen molar-refractivity contribution in [1.29, 1.82) is 0 Å². The second kappa shape index (κ2) is 11.2. The van der Waals surface area contributed by atoms with Gasteiger partial charge in [-0.05, 0) is 98.5 Å². The van der Waals surface area contributed by atoms with E-state index in [0.29, 0.717) is 11.4 Å². The number of likely N-dealkylation sites (tertiary alicyclic amines) is 1. The monoisotopic (exact) mass is 525 g/mol. The van der Waals surface area contributed by atoms with Gasteiger partial charge in [0, 0.05) is 23.7 Å². The van der Waals surface area contributed by atoms with Crippen LogP contribution >= 0.6 is 0 Å². The molecule has 2 bridgehead atoms. The second-order valence-corrected chi connectivity index (χ2v) is 11.1. The fourth-order valence-corrected chi connectivity index (χ4v) is 6.94. The number of amides is 1. The average Bonchev–Trinajstić information content (AvgIpc) is 2.83. The lowest BCUT2D eigenvalue weighted by Gasteiger charge is -2.64. The Labute approximate surface area is 223 Å². The molecule has 0 spiro atoms. The zero-order valence-corrected chi connectivity index (χ0v) is 21.7. The number of nitrogens with two attached hydrogens (primary N) is 2. The van der Waals surface area contributed by atoms with Gasteiger partial charge < -0.3 is 31.9 Å². The molecule has 0 aromatic heterocycles. The number of anilines is 1. The van der Waals surface area contributed by atoms with Crippen LogP contribution in [0.3, 0.4) is 0 Å². The van der Waals surface area contributed by atoms with Crippen LogP contribution in [0.4, 0.5) is 10.5 Å². The van der Waals surface area contributed by atoms with E-state index in [9.17, 15) is 15.0 Å². The minimum absolute atomic E-state index is 0.127. The van der Waals surface area contributed by atoms with Gasteiger partial charge in [-0.1, -0.05) is 25.3 Å². The zero-order chi connectivity index (χ0) is 27.5. The molecule has 2 saturated carbocycles. The third kappa shape index (κ3) is 5.44. The molecule has 2 aromatic carbocycles. The molecule has 3 aliphatic carbocycles. The number of phenols is 1. The molecule has 1 aliphatic heterocycles. The number of phenolic OH excluding ortho intramolecular Hbond substituents is 1. The SMILES string of the molecule is NC(=O)O.Nc1ccc(C(=O)O)cc1.Oc1ccc2c(c1)[C@@]13CCCC[C@@]1(O)[C@@H](C2)N(CC1CCC1)CC3. The van der Waals surface area contributed by atoms with Gasteiger partial charge in [0.2, 0.25) is 0 Å². The third-order valence-corrected chi connectivity index (χ3v) is 8.96. The van der Waals surface area contributed by atoms with E-state index in [0.717, 1.165) is 44.6 Å². The van der Waals surface area contributed by atoms with Crippen LogP contribution in [0.1, 0.15) is 72.9 Å². The van der Waals surface area contributed by atoms with Crippen molar-refractivity contribution in [2.45, 2.75) is 74.8 Å². The van der Waals surface area contributed by atoms with Crippen LogP contribution in [0.2, 0.25) is 0 Å². The number of hydrogen-bond acceptors (Lipinski definition) is 6. The Bertz CT molecular complexity index is 1150. The number of aromatic hydroxyl groups is 1. The van der Waals surface area contributed by atoms with Crippen molar-refractivity contribution < 1.29 is 30.0 Å². The van der Waals surface area contributed by atoms with E-state index >= 15 is 0 Å². The van der Waals surface area contributed by atoms with Crippen LogP contribution in [0.25, 0.3) is 0 Å². The van der Waals surface area contributed by atoms with Crippen molar-refractivity contribution in [1.82, 2.24) is 4.90 Å². The molecular formula is C29H39N3O6. The summed E-state index contributed by atoms with van der Waals surface area (Å²) < 4.78 is 0. The summed E-state index contributed by atoms with van der Waals surface area (Å²) in [5.74, 6) is 0.275. The molecule has 3 fully saturated rings. The number of rotatable bonds is 3. The largest absolute Gasteiger partial charge is 0.508 e. The number of piperidine rings is 1. The first-order valence-electron chi connectivity index (χ1n) is 13.4. The Hall–Kier alpha value is -3.30. The highest BCUT2D eigenvalue weighted by Gasteiger charge is 2.63. The smallest absolute Gasteiger partial charge is 0.402 e. The van der Waals surface area contributed by atoms with Crippen molar-refractivity contribution in [2.75, 3.05) is 18.8 Å². The molecule has 206 valence electrons. The van der Waals surface area contributed by atoms with E-state index in [-0.39, 0.29) is 17.0 Å². The Morgan fingerprint density at radius 2 is 1.63 bits per heavy atom. The molecule has 1 saturated heterocycles. The quantitative estimate of drug-likeness (QED) is 0.327. The summed E-state index contributed by atoms with van der Waals surface area (Å²) in [5, 5.41) is 37.7. The van der Waals surface area contributed by atoms with Crippen LogP contribution in [0, 0.1) is 5.92 Å². The van der Waals surface area contributed by atoms with E-state index < -0.39 is 17.7 Å². The molecule has 8 N–H and O–H groups in total. The molecule has 3 atom stereocenters. The maximum Gasteiger partial charge on any atom is 0.402 e. The second-order valence-electron chi connectivity index (χ2n) is 11.1. The molecule has 2 aromatic rings. The molecule has 4 aliphatic rings. The molecule has 6 rings (SSSR count). The highest BCUT2D eigenvalue weighted by molar-refractivity contribution is 5.87. The maximum atomic E-state index is 11.9. The summed E-state index contributed by atoms with van der Waals surface area (Å²) in [6, 6.07) is 12.2. The first kappa shape index (κ1) is 27.7. The summed E-state index contributed by atoms with van der Waals surface area (Å²) in [6.07, 6.45) is 9.13. The van der Waals surface area contributed by atoms with Gasteiger partial charge in [-0.2, -0.15) is 0 Å². The van der Waals surface area contributed by atoms with Crippen molar-refractivity contribution in [3.05, 3.63) is 59.2 Å². The summed E-state index contributed by atoms with van der Waals surface area (Å²) in [7, 11) is 0. The number of carboxylic acids is 1. The van der Waals surface area contributed by atoms with E-state index in [1.54, 1.807) is 12.1 Å². The van der Waals surface area contributed by atoms with Crippen molar-refractivity contribution in [3.63, 3.8) is 0 Å². The number of fused-ring (bicyclic) bond motifs is 1. The number of carboxylic acid groups (broad SMARTS) is 2. The molecule has 0 radical (unpaired) electrons. The zero-order valence-electron chi connectivity index (χ0n) is 21.7. The van der Waals surface area contributed by atoms with Gasteiger partial charge in [0.25, 0.3) is 0 Å². The predicted molar refractivity (Wildman–Crippen MR) is 144 cm³/mol. The summed E-state index contributed by atoms with van der Waals surface area (Å²) in [4.78, 5) is 21.7. The first-order chi connectivity index (χ1) is 18.1. The minimum Gasteiger partial charge on any atom is -0.508 e. The van der Waals surface area contributed by atoms with Gasteiger partial charge >= 0.3 is 12.1 Å². The highest BCUT2D eigenvalue weighted by atomic mass is 16.4. The third-order valence-electron chi connectivity index (χ3n) is 8.96. The number of carbonyl (C=O) groups is 2. The predicted octanol–water partition coefficient (Wildman–Crippen LogP) is 3.96. The molecule has 9 heteroatoms. The number of benzene rings is 2. The number of hydrogen-bond donors (Lipinski definition) is 6. The lowest BCUT2D eigenvalue weighted by atomic mass is 9.49. The molecule has 0 unspecified atom stereocenters.